The number of amides is 4. The first-order valence-corrected chi connectivity index (χ1v) is 22.8. The molecule has 4 amide bonds. The number of ketones is 1. The molecule has 0 spiro atoms. The van der Waals surface area contributed by atoms with Crippen LogP contribution in [0, 0.1) is 5.82 Å². The van der Waals surface area contributed by atoms with Gasteiger partial charge >= 0.3 is 18.1 Å². The maximum atomic E-state index is 14.1. The van der Waals surface area contributed by atoms with Gasteiger partial charge in [0.25, 0.3) is 23.6 Å². The Morgan fingerprint density at radius 3 is 1.43 bits per heavy atom. The Hall–Kier alpha value is -10.2. The van der Waals surface area contributed by atoms with Crippen LogP contribution in [0.1, 0.15) is 81.5 Å². The Labute approximate surface area is 424 Å². The molecule has 6 aromatic heterocycles. The van der Waals surface area contributed by atoms with Gasteiger partial charge < -0.3 is 34.8 Å². The Morgan fingerprint density at radius 1 is 0.566 bits per heavy atom. The molecule has 76 heavy (non-hydrogen) atoms. The molecule has 0 atom stereocenters. The van der Waals surface area contributed by atoms with Gasteiger partial charge in [-0.1, -0.05) is 30.3 Å². The third-order valence-corrected chi connectivity index (χ3v) is 11.7. The first kappa shape index (κ1) is 50.7. The molecule has 0 saturated heterocycles. The first-order chi connectivity index (χ1) is 36.5. The number of ether oxygens (including phenoxy) is 1. The van der Waals surface area contributed by atoms with Crippen molar-refractivity contribution in [3.8, 4) is 5.75 Å². The van der Waals surface area contributed by atoms with Crippen LogP contribution >= 0.6 is 0 Å². The molecule has 25 heteroatoms. The van der Waals surface area contributed by atoms with E-state index in [0.29, 0.717) is 39.0 Å². The molecule has 6 heterocycles. The number of rotatable bonds is 15. The van der Waals surface area contributed by atoms with E-state index in [1.54, 1.807) is 80.8 Å². The van der Waals surface area contributed by atoms with Crippen molar-refractivity contribution >= 4 is 62.9 Å². The summed E-state index contributed by atoms with van der Waals surface area (Å²) in [5, 5.41) is 19.1. The van der Waals surface area contributed by atoms with E-state index in [1.165, 1.54) is 73.9 Å². The molecule has 0 aliphatic carbocycles. The number of aromatic nitrogens is 8. The van der Waals surface area contributed by atoms with Gasteiger partial charge in [-0.2, -0.15) is 19.0 Å². The van der Waals surface area contributed by atoms with E-state index in [0.717, 1.165) is 11.1 Å². The molecule has 4 aromatic carbocycles. The van der Waals surface area contributed by atoms with Gasteiger partial charge in [0, 0.05) is 64.5 Å². The number of Topliss-reactive ketones (excluding diaryl/α,β-unsaturated/α-hetero) is 1. The topological polar surface area (TPSA) is 273 Å². The number of fused-ring (bicyclic) bond motifs is 4. The minimum absolute atomic E-state index is 0.00297. The van der Waals surface area contributed by atoms with Crippen LogP contribution in [-0.2, 0) is 40.3 Å². The highest BCUT2D eigenvalue weighted by molar-refractivity contribution is 5.99. The van der Waals surface area contributed by atoms with Crippen molar-refractivity contribution in [3.05, 3.63) is 193 Å². The highest BCUT2D eigenvalue weighted by Gasteiger charge is 2.21. The quantitative estimate of drug-likeness (QED) is 0.0984. The molecule has 10 rings (SSSR count). The molecule has 0 radical (unpaired) electrons. The lowest BCUT2D eigenvalue weighted by Crippen LogP contribution is -2.28. The lowest BCUT2D eigenvalue weighted by atomic mass is 10.1. The van der Waals surface area contributed by atoms with Crippen LogP contribution in [0.2, 0.25) is 0 Å². The van der Waals surface area contributed by atoms with Crippen molar-refractivity contribution in [2.75, 3.05) is 0 Å². The van der Waals surface area contributed by atoms with Crippen LogP contribution in [0.4, 0.5) is 13.2 Å². The predicted molar refractivity (Wildman–Crippen MR) is 263 cm³/mol. The standard InChI is InChI=1S/C26H21FN6O5.C25H20F2N6O5/c1-14(34)17-5-3-15(9-18(17)27)12-29-25(36)21-11-19(31-23-7-8-30-33(21)23)24(35)28-13-16-4-6-22-20(10-16)32(2)26(37)38-22;1-32-18-10-15(4-7-20(18)38-25(32)36)13-28-22(34)17-11-19(33-21(31-17)8-9-30-33)23(35)29-12-14-2-5-16(6-3-14)37-24(26)27/h3-11H,12-13H2,1-2H3,(H,28,35)(H,29,36);2-11,24H,12-13H2,1H3,(H,28,34)(H,29,35). The van der Waals surface area contributed by atoms with E-state index in [1.807, 2.05) is 0 Å². The van der Waals surface area contributed by atoms with Gasteiger partial charge in [0.15, 0.2) is 28.2 Å². The summed E-state index contributed by atoms with van der Waals surface area (Å²) in [7, 11) is 3.18. The van der Waals surface area contributed by atoms with E-state index in [4.69, 9.17) is 8.83 Å². The molecule has 0 aliphatic rings. The molecule has 22 nitrogen and oxygen atoms in total. The Bertz CT molecular complexity index is 4030. The second-order valence-electron chi connectivity index (χ2n) is 16.8. The average Bonchev–Trinajstić information content (AvgIpc) is 4.22. The van der Waals surface area contributed by atoms with Crippen molar-refractivity contribution in [1.29, 1.82) is 0 Å². The van der Waals surface area contributed by atoms with Crippen molar-refractivity contribution in [2.45, 2.75) is 39.7 Å². The van der Waals surface area contributed by atoms with E-state index in [9.17, 15) is 46.7 Å². The zero-order valence-electron chi connectivity index (χ0n) is 40.2. The normalized spacial score (nSPS) is 11.2. The summed E-state index contributed by atoms with van der Waals surface area (Å²) in [6, 6.07) is 25.9. The molecule has 0 aliphatic heterocycles. The summed E-state index contributed by atoms with van der Waals surface area (Å²) in [6.45, 7) is -1.28. The summed E-state index contributed by atoms with van der Waals surface area (Å²) in [6.07, 6.45) is 2.90. The fourth-order valence-electron chi connectivity index (χ4n) is 7.78. The van der Waals surface area contributed by atoms with Gasteiger partial charge in [0.1, 0.15) is 34.3 Å². The Balaban J connectivity index is 0.000000186. The summed E-state index contributed by atoms with van der Waals surface area (Å²) in [5.41, 5.74) is 5.32. The summed E-state index contributed by atoms with van der Waals surface area (Å²) in [4.78, 5) is 95.2. The largest absolute Gasteiger partial charge is 0.435 e. The van der Waals surface area contributed by atoms with Crippen LogP contribution in [0.15, 0.2) is 134 Å². The Morgan fingerprint density at radius 2 is 0.987 bits per heavy atom. The van der Waals surface area contributed by atoms with Crippen LogP contribution in [0.25, 0.3) is 33.5 Å². The fraction of sp³-hybridized carbons (Fsp3) is 0.157. The van der Waals surface area contributed by atoms with Gasteiger partial charge in [0.2, 0.25) is 0 Å². The number of hydrogen-bond acceptors (Lipinski definition) is 14. The number of carbonyl (C=O) groups excluding carboxylic acids is 5. The number of nitrogens with one attached hydrogen (secondary N) is 4. The summed E-state index contributed by atoms with van der Waals surface area (Å²) >= 11 is 0. The number of aryl methyl sites for hydroxylation is 2. The zero-order chi connectivity index (χ0) is 53.8. The molecule has 0 fully saturated rings. The number of hydrogen-bond donors (Lipinski definition) is 4. The average molecular weight is 1040 g/mol. The number of benzene rings is 4. The lowest BCUT2D eigenvalue weighted by Gasteiger charge is -2.10. The summed E-state index contributed by atoms with van der Waals surface area (Å²) in [5.74, 6) is -4.14. The van der Waals surface area contributed by atoms with E-state index in [-0.39, 0.29) is 65.9 Å². The predicted octanol–water partition coefficient (Wildman–Crippen LogP) is 5.01. The molecular weight excluding hydrogens is 998 g/mol. The smallest absolute Gasteiger partial charge is 0.419 e. The molecule has 0 unspecified atom stereocenters. The second kappa shape index (κ2) is 21.5. The molecule has 0 saturated carbocycles. The van der Waals surface area contributed by atoms with Crippen LogP contribution in [-0.4, -0.2) is 74.4 Å². The lowest BCUT2D eigenvalue weighted by molar-refractivity contribution is -0.0498. The molecular formula is C51H41F3N12O10. The van der Waals surface area contributed by atoms with Crippen LogP contribution < -0.4 is 37.5 Å². The summed E-state index contributed by atoms with van der Waals surface area (Å²) < 4.78 is 58.7. The minimum Gasteiger partial charge on any atom is -0.435 e. The van der Waals surface area contributed by atoms with E-state index in [2.05, 4.69) is 46.2 Å². The Kier molecular flexibility index (Phi) is 14.3. The monoisotopic (exact) mass is 1040 g/mol. The van der Waals surface area contributed by atoms with Crippen molar-refractivity contribution in [3.63, 3.8) is 0 Å². The highest BCUT2D eigenvalue weighted by atomic mass is 19.3. The van der Waals surface area contributed by atoms with Crippen LogP contribution in [0.3, 0.4) is 0 Å². The molecule has 4 N–H and O–H groups in total. The van der Waals surface area contributed by atoms with Gasteiger partial charge in [-0.15, -0.1) is 0 Å². The highest BCUT2D eigenvalue weighted by Crippen LogP contribution is 2.19. The van der Waals surface area contributed by atoms with Crippen molar-refractivity contribution in [1.82, 2.24) is 59.6 Å². The van der Waals surface area contributed by atoms with Crippen molar-refractivity contribution < 1.29 is 50.7 Å². The van der Waals surface area contributed by atoms with Gasteiger partial charge in [-0.25, -0.2) is 33.0 Å². The zero-order valence-corrected chi connectivity index (χ0v) is 40.2. The van der Waals surface area contributed by atoms with Gasteiger partial charge in [-0.3, -0.25) is 33.1 Å². The number of halogens is 3. The van der Waals surface area contributed by atoms with Crippen molar-refractivity contribution in [2.24, 2.45) is 14.1 Å². The minimum atomic E-state index is -2.93. The third-order valence-electron chi connectivity index (χ3n) is 11.7. The van der Waals surface area contributed by atoms with Crippen LogP contribution in [0.5, 0.6) is 5.75 Å². The van der Waals surface area contributed by atoms with E-state index >= 15 is 0 Å². The number of carbonyl (C=O) groups is 5. The first-order valence-electron chi connectivity index (χ1n) is 22.8. The maximum absolute atomic E-state index is 14.1. The second-order valence-corrected chi connectivity index (χ2v) is 16.8. The third kappa shape index (κ3) is 11.1. The van der Waals surface area contributed by atoms with Gasteiger partial charge in [0.05, 0.1) is 29.0 Å². The van der Waals surface area contributed by atoms with E-state index < -0.39 is 53.4 Å². The molecule has 386 valence electrons. The number of alkyl halides is 2. The van der Waals surface area contributed by atoms with Gasteiger partial charge in [-0.05, 0) is 77.7 Å². The number of nitrogens with zero attached hydrogens (tertiary/aromatic N) is 8. The number of oxazole rings is 2. The maximum Gasteiger partial charge on any atom is 0.419 e. The molecule has 0 bridgehead atoms. The molecule has 10 aromatic rings. The fourth-order valence-corrected chi connectivity index (χ4v) is 7.78. The SMILES string of the molecule is CC(=O)c1ccc(CNC(=O)c2cc(C(=O)NCc3ccc4oc(=O)n(C)c4c3)nc3ccnn23)cc1F.Cn1c(=O)oc2ccc(CNC(=O)c3cc(C(=O)NCc4ccc(OC(F)F)cc4)n4nccc4n3)cc21.